The van der Waals surface area contributed by atoms with Crippen LogP contribution in [-0.4, -0.2) is 17.0 Å². The number of hydrogen-bond donors (Lipinski definition) is 2. The number of nitrogens with one attached hydrogen (secondary N) is 1. The van der Waals surface area contributed by atoms with Gasteiger partial charge in [-0.2, -0.15) is 0 Å². The lowest BCUT2D eigenvalue weighted by Crippen LogP contribution is -2.18. The normalized spacial score (nSPS) is 23.2. The summed E-state index contributed by atoms with van der Waals surface area (Å²) in [5.41, 5.74) is -0.266. The van der Waals surface area contributed by atoms with Crippen molar-refractivity contribution in [1.29, 1.82) is 0 Å². The first-order valence-electron chi connectivity index (χ1n) is 5.84. The van der Waals surface area contributed by atoms with Crippen LogP contribution in [0.5, 0.6) is 0 Å². The second-order valence-corrected chi connectivity index (χ2v) is 7.08. The minimum Gasteiger partial charge on any atom is -0.481 e. The Kier molecular flexibility index (Phi) is 4.06. The maximum absolute atomic E-state index is 12.2. The van der Waals surface area contributed by atoms with Gasteiger partial charge in [0.2, 0.25) is 5.91 Å². The smallest absolute Gasteiger partial charge is 0.307 e. The van der Waals surface area contributed by atoms with E-state index in [1.165, 1.54) is 0 Å². The predicted molar refractivity (Wildman–Crippen MR) is 81.2 cm³/mol. The summed E-state index contributed by atoms with van der Waals surface area (Å²) in [6.07, 6.45) is 0. The first-order chi connectivity index (χ1) is 9.16. The summed E-state index contributed by atoms with van der Waals surface area (Å²) in [7, 11) is 0. The molecule has 2 unspecified atom stereocenters. The van der Waals surface area contributed by atoms with E-state index in [2.05, 4.69) is 21.2 Å². The van der Waals surface area contributed by atoms with Crippen LogP contribution >= 0.6 is 39.1 Å². The van der Waals surface area contributed by atoms with Crippen molar-refractivity contribution in [3.8, 4) is 0 Å². The maximum atomic E-state index is 12.2. The number of carbonyl (C=O) groups excluding carboxylic acids is 1. The second-order valence-electron chi connectivity index (χ2n) is 5.35. The Balaban J connectivity index is 2.20. The fourth-order valence-electron chi connectivity index (χ4n) is 2.45. The van der Waals surface area contributed by atoms with Gasteiger partial charge in [-0.25, -0.2) is 0 Å². The lowest BCUT2D eigenvalue weighted by molar-refractivity contribution is -0.140. The summed E-state index contributed by atoms with van der Waals surface area (Å²) in [4.78, 5) is 23.3. The zero-order valence-electron chi connectivity index (χ0n) is 10.7. The molecule has 108 valence electrons. The van der Waals surface area contributed by atoms with Crippen molar-refractivity contribution in [3.05, 3.63) is 26.7 Å². The van der Waals surface area contributed by atoms with Crippen LogP contribution in [0.1, 0.15) is 13.8 Å². The second kappa shape index (κ2) is 5.20. The minimum absolute atomic E-state index is 0.294. The van der Waals surface area contributed by atoms with Gasteiger partial charge in [-0.1, -0.05) is 53.0 Å². The Morgan fingerprint density at radius 3 is 2.15 bits per heavy atom. The van der Waals surface area contributed by atoms with Crippen LogP contribution in [0.25, 0.3) is 0 Å². The molecule has 0 heterocycles. The monoisotopic (exact) mass is 379 g/mol. The van der Waals surface area contributed by atoms with Crippen LogP contribution in [0, 0.1) is 17.3 Å². The van der Waals surface area contributed by atoms with Crippen molar-refractivity contribution in [3.63, 3.8) is 0 Å². The van der Waals surface area contributed by atoms with Crippen molar-refractivity contribution in [2.75, 3.05) is 5.32 Å². The summed E-state index contributed by atoms with van der Waals surface area (Å²) in [6, 6.07) is 3.21. The Morgan fingerprint density at radius 1 is 1.25 bits per heavy atom. The summed E-state index contributed by atoms with van der Waals surface area (Å²) >= 11 is 15.3. The van der Waals surface area contributed by atoms with Gasteiger partial charge in [0.1, 0.15) is 0 Å². The standard InChI is InChI=1S/C13H12BrCl2NO3/c1-13(2)8(9(13)12(19)20)11(18)17-10-6(15)3-5(14)4-7(10)16/h3-4,8-9H,1-2H3,(H,17,18)(H,19,20). The molecule has 0 saturated heterocycles. The molecule has 7 heteroatoms. The van der Waals surface area contributed by atoms with Crippen molar-refractivity contribution < 1.29 is 14.7 Å². The fraction of sp³-hybridized carbons (Fsp3) is 0.385. The number of anilines is 1. The average Bonchev–Trinajstić information content (AvgIpc) is 2.86. The highest BCUT2D eigenvalue weighted by atomic mass is 79.9. The van der Waals surface area contributed by atoms with Crippen LogP contribution in [0.3, 0.4) is 0 Å². The fourth-order valence-corrected chi connectivity index (χ4v) is 3.75. The summed E-state index contributed by atoms with van der Waals surface area (Å²) in [6.45, 7) is 3.50. The molecule has 0 aliphatic heterocycles. The van der Waals surface area contributed by atoms with Crippen LogP contribution in [0.15, 0.2) is 16.6 Å². The largest absolute Gasteiger partial charge is 0.481 e. The van der Waals surface area contributed by atoms with E-state index in [0.29, 0.717) is 20.2 Å². The van der Waals surface area contributed by atoms with Gasteiger partial charge in [-0.05, 0) is 17.5 Å². The van der Waals surface area contributed by atoms with Gasteiger partial charge in [0.15, 0.2) is 0 Å². The quantitative estimate of drug-likeness (QED) is 0.831. The molecule has 20 heavy (non-hydrogen) atoms. The van der Waals surface area contributed by atoms with E-state index in [-0.39, 0.29) is 5.91 Å². The van der Waals surface area contributed by atoms with Gasteiger partial charge in [-0.3, -0.25) is 9.59 Å². The Morgan fingerprint density at radius 2 is 1.75 bits per heavy atom. The molecule has 2 N–H and O–H groups in total. The van der Waals surface area contributed by atoms with E-state index in [4.69, 9.17) is 28.3 Å². The van der Waals surface area contributed by atoms with E-state index in [9.17, 15) is 9.59 Å². The van der Waals surface area contributed by atoms with Crippen LogP contribution < -0.4 is 5.32 Å². The number of halogens is 3. The molecule has 0 radical (unpaired) electrons. The molecule has 1 aromatic rings. The van der Waals surface area contributed by atoms with Gasteiger partial charge in [-0.15, -0.1) is 0 Å². The van der Waals surface area contributed by atoms with Gasteiger partial charge in [0.25, 0.3) is 0 Å². The van der Waals surface area contributed by atoms with Gasteiger partial charge < -0.3 is 10.4 Å². The molecule has 1 aromatic carbocycles. The van der Waals surface area contributed by atoms with Crippen molar-refractivity contribution in [1.82, 2.24) is 0 Å². The predicted octanol–water partition coefficient (Wildman–Crippen LogP) is 4.05. The molecule has 1 amide bonds. The first kappa shape index (κ1) is 15.6. The summed E-state index contributed by atoms with van der Waals surface area (Å²) in [5.74, 6) is -2.62. The highest BCUT2D eigenvalue weighted by Crippen LogP contribution is 2.58. The van der Waals surface area contributed by atoms with Crippen molar-refractivity contribution in [2.24, 2.45) is 17.3 Å². The van der Waals surface area contributed by atoms with Crippen molar-refractivity contribution in [2.45, 2.75) is 13.8 Å². The molecular formula is C13H12BrCl2NO3. The molecule has 0 spiro atoms. The molecule has 0 bridgehead atoms. The third kappa shape index (κ3) is 2.67. The molecule has 1 aliphatic carbocycles. The van der Waals surface area contributed by atoms with E-state index >= 15 is 0 Å². The maximum Gasteiger partial charge on any atom is 0.307 e. The molecule has 1 saturated carbocycles. The molecule has 1 aliphatic rings. The number of rotatable bonds is 3. The topological polar surface area (TPSA) is 66.4 Å². The Labute approximate surface area is 134 Å². The molecule has 2 atom stereocenters. The highest BCUT2D eigenvalue weighted by molar-refractivity contribution is 9.10. The van der Waals surface area contributed by atoms with Gasteiger partial charge >= 0.3 is 5.97 Å². The van der Waals surface area contributed by atoms with E-state index in [1.54, 1.807) is 26.0 Å². The molecular weight excluding hydrogens is 369 g/mol. The van der Waals surface area contributed by atoms with Crippen LogP contribution in [0.2, 0.25) is 10.0 Å². The Bertz CT molecular complexity index is 580. The summed E-state index contributed by atoms with van der Waals surface area (Å²) in [5, 5.41) is 12.3. The lowest BCUT2D eigenvalue weighted by Gasteiger charge is -2.10. The lowest BCUT2D eigenvalue weighted by atomic mass is 10.1. The average molecular weight is 381 g/mol. The van der Waals surface area contributed by atoms with Crippen LogP contribution in [-0.2, 0) is 9.59 Å². The third-order valence-electron chi connectivity index (χ3n) is 3.63. The number of aliphatic carboxylic acids is 1. The molecule has 1 fully saturated rings. The van der Waals surface area contributed by atoms with E-state index < -0.39 is 23.2 Å². The molecule has 0 aromatic heterocycles. The van der Waals surface area contributed by atoms with Gasteiger partial charge in [0, 0.05) is 4.47 Å². The molecule has 4 nitrogen and oxygen atoms in total. The highest BCUT2D eigenvalue weighted by Gasteiger charge is 2.65. The van der Waals surface area contributed by atoms with E-state index in [0.717, 1.165) is 0 Å². The zero-order valence-corrected chi connectivity index (χ0v) is 13.8. The van der Waals surface area contributed by atoms with E-state index in [1.807, 2.05) is 0 Å². The first-order valence-corrected chi connectivity index (χ1v) is 7.39. The third-order valence-corrected chi connectivity index (χ3v) is 4.68. The number of carboxylic acid groups (broad SMARTS) is 1. The van der Waals surface area contributed by atoms with Crippen molar-refractivity contribution >= 4 is 56.7 Å². The Hall–Kier alpha value is -0.780. The van der Waals surface area contributed by atoms with Crippen LogP contribution in [0.4, 0.5) is 5.69 Å². The number of carbonyl (C=O) groups is 2. The number of carboxylic acids is 1. The number of benzene rings is 1. The zero-order chi connectivity index (χ0) is 15.2. The summed E-state index contributed by atoms with van der Waals surface area (Å²) < 4.78 is 0.695. The minimum atomic E-state index is -0.969. The number of amides is 1. The van der Waals surface area contributed by atoms with Gasteiger partial charge in [0.05, 0.1) is 27.6 Å². The molecule has 2 rings (SSSR count). The SMILES string of the molecule is CC1(C)C(C(=O)O)C1C(=O)Nc1c(Cl)cc(Br)cc1Cl. The number of hydrogen-bond acceptors (Lipinski definition) is 2.